The summed E-state index contributed by atoms with van der Waals surface area (Å²) in [6.07, 6.45) is 2.50. The van der Waals surface area contributed by atoms with Crippen molar-refractivity contribution in [1.82, 2.24) is 4.90 Å². The van der Waals surface area contributed by atoms with Crippen LogP contribution in [0.15, 0.2) is 6.07 Å². The second kappa shape index (κ2) is 5.74. The van der Waals surface area contributed by atoms with E-state index in [-0.39, 0.29) is 11.8 Å². The predicted octanol–water partition coefficient (Wildman–Crippen LogP) is 2.77. The van der Waals surface area contributed by atoms with Crippen molar-refractivity contribution >= 4 is 23.2 Å². The number of aromatic carboxylic acids is 1. The van der Waals surface area contributed by atoms with Crippen molar-refractivity contribution < 1.29 is 14.7 Å². The minimum Gasteiger partial charge on any atom is -0.477 e. The fourth-order valence-electron chi connectivity index (χ4n) is 2.52. The van der Waals surface area contributed by atoms with Crippen LogP contribution in [-0.4, -0.2) is 28.4 Å². The molecule has 0 fully saturated rings. The molecule has 0 aromatic carbocycles. The maximum atomic E-state index is 12.3. The third-order valence-electron chi connectivity index (χ3n) is 3.72. The van der Waals surface area contributed by atoms with Crippen LogP contribution >= 0.6 is 11.3 Å². The second-order valence-corrected chi connectivity index (χ2v) is 6.02. The van der Waals surface area contributed by atoms with Crippen molar-refractivity contribution in [2.24, 2.45) is 5.92 Å². The number of carboxylic acid groups (broad SMARTS) is 1. The number of fused-ring (bicyclic) bond motifs is 1. The number of hydrogen-bond donors (Lipinski definition) is 1. The normalized spacial score (nSPS) is 14.6. The van der Waals surface area contributed by atoms with Gasteiger partial charge in [-0.15, -0.1) is 11.3 Å². The van der Waals surface area contributed by atoms with Gasteiger partial charge in [-0.2, -0.15) is 0 Å². The zero-order valence-electron chi connectivity index (χ0n) is 11.3. The highest BCUT2D eigenvalue weighted by Crippen LogP contribution is 2.29. The fourth-order valence-corrected chi connectivity index (χ4v) is 3.52. The lowest BCUT2D eigenvalue weighted by molar-refractivity contribution is -0.136. The van der Waals surface area contributed by atoms with Crippen LogP contribution in [0.1, 0.15) is 46.8 Å². The molecule has 2 rings (SSSR count). The summed E-state index contributed by atoms with van der Waals surface area (Å²) in [4.78, 5) is 26.7. The molecular weight excluding hydrogens is 262 g/mol. The Labute approximate surface area is 117 Å². The summed E-state index contributed by atoms with van der Waals surface area (Å²) < 4.78 is 0. The van der Waals surface area contributed by atoms with E-state index in [0.717, 1.165) is 29.7 Å². The van der Waals surface area contributed by atoms with E-state index in [0.29, 0.717) is 18.0 Å². The van der Waals surface area contributed by atoms with Crippen molar-refractivity contribution in [1.29, 1.82) is 0 Å². The first kappa shape index (κ1) is 14.1. The number of amides is 1. The molecular formula is C14H19NO3S. The van der Waals surface area contributed by atoms with E-state index in [1.807, 2.05) is 18.7 Å². The van der Waals surface area contributed by atoms with Crippen LogP contribution in [0.2, 0.25) is 0 Å². The quantitative estimate of drug-likeness (QED) is 0.923. The van der Waals surface area contributed by atoms with Crippen LogP contribution in [0, 0.1) is 5.92 Å². The third-order valence-corrected chi connectivity index (χ3v) is 4.95. The molecule has 1 aromatic rings. The Morgan fingerprint density at radius 3 is 2.68 bits per heavy atom. The van der Waals surface area contributed by atoms with Crippen molar-refractivity contribution in [3.8, 4) is 0 Å². The molecule has 1 aliphatic rings. The molecule has 0 saturated heterocycles. The number of nitrogens with zero attached hydrogens (tertiary/aromatic N) is 1. The number of hydrogen-bond acceptors (Lipinski definition) is 3. The zero-order chi connectivity index (χ0) is 14.0. The van der Waals surface area contributed by atoms with E-state index in [1.165, 1.54) is 11.3 Å². The molecule has 0 spiro atoms. The Kier molecular flexibility index (Phi) is 4.24. The van der Waals surface area contributed by atoms with Gasteiger partial charge in [0.1, 0.15) is 4.88 Å². The summed E-state index contributed by atoms with van der Waals surface area (Å²) in [5.41, 5.74) is 1.01. The van der Waals surface area contributed by atoms with Crippen LogP contribution in [0.25, 0.3) is 0 Å². The Balaban J connectivity index is 2.13. The topological polar surface area (TPSA) is 57.6 Å². The Hall–Kier alpha value is -1.36. The summed E-state index contributed by atoms with van der Waals surface area (Å²) in [5.74, 6) is -0.574. The monoisotopic (exact) mass is 281 g/mol. The van der Waals surface area contributed by atoms with E-state index in [1.54, 1.807) is 6.07 Å². The molecule has 104 valence electrons. The van der Waals surface area contributed by atoms with E-state index in [4.69, 9.17) is 5.11 Å². The van der Waals surface area contributed by atoms with Crippen molar-refractivity contribution in [2.45, 2.75) is 39.7 Å². The first-order valence-electron chi connectivity index (χ1n) is 6.70. The average Bonchev–Trinajstić information content (AvgIpc) is 2.82. The summed E-state index contributed by atoms with van der Waals surface area (Å²) in [6.45, 7) is 5.35. The lowest BCUT2D eigenvalue weighted by Crippen LogP contribution is -2.39. The van der Waals surface area contributed by atoms with E-state index < -0.39 is 5.97 Å². The zero-order valence-corrected chi connectivity index (χ0v) is 12.1. The second-order valence-electron chi connectivity index (χ2n) is 4.89. The predicted molar refractivity (Wildman–Crippen MR) is 74.5 cm³/mol. The molecule has 1 aromatic heterocycles. The lowest BCUT2D eigenvalue weighted by Gasteiger charge is -2.29. The van der Waals surface area contributed by atoms with Crippen molar-refractivity contribution in [3.63, 3.8) is 0 Å². The molecule has 1 aliphatic heterocycles. The van der Waals surface area contributed by atoms with Gasteiger partial charge in [0.05, 0.1) is 0 Å². The summed E-state index contributed by atoms with van der Waals surface area (Å²) >= 11 is 1.34. The third kappa shape index (κ3) is 2.81. The maximum absolute atomic E-state index is 12.3. The first-order chi connectivity index (χ1) is 9.06. The molecule has 0 unspecified atom stereocenters. The summed E-state index contributed by atoms with van der Waals surface area (Å²) in [6, 6.07) is 1.72. The van der Waals surface area contributed by atoms with Crippen molar-refractivity contribution in [2.75, 3.05) is 6.54 Å². The molecule has 5 heteroatoms. The molecule has 0 atom stereocenters. The highest BCUT2D eigenvalue weighted by atomic mass is 32.1. The van der Waals surface area contributed by atoms with Gasteiger partial charge >= 0.3 is 5.97 Å². The standard InChI is InChI=1S/C14H19NO3S/c1-3-9(4-2)13(16)15-6-5-11-10(8-15)7-12(19-11)14(17)18/h7,9H,3-6,8H2,1-2H3,(H,17,18). The Morgan fingerprint density at radius 1 is 1.42 bits per heavy atom. The minimum atomic E-state index is -0.878. The van der Waals surface area contributed by atoms with Gasteiger partial charge in [0, 0.05) is 23.9 Å². The molecule has 2 heterocycles. The maximum Gasteiger partial charge on any atom is 0.345 e. The van der Waals surface area contributed by atoms with Gasteiger partial charge in [-0.05, 0) is 30.9 Å². The number of thiophene rings is 1. The fraction of sp³-hybridized carbons (Fsp3) is 0.571. The largest absolute Gasteiger partial charge is 0.477 e. The number of carbonyl (C=O) groups excluding carboxylic acids is 1. The van der Waals surface area contributed by atoms with Gasteiger partial charge in [0.15, 0.2) is 0 Å². The van der Waals surface area contributed by atoms with Gasteiger partial charge in [-0.25, -0.2) is 4.79 Å². The van der Waals surface area contributed by atoms with Crippen LogP contribution in [-0.2, 0) is 17.8 Å². The SMILES string of the molecule is CCC(CC)C(=O)N1CCc2sc(C(=O)O)cc2C1. The van der Waals surface area contributed by atoms with Crippen molar-refractivity contribution in [3.05, 3.63) is 21.4 Å². The van der Waals surface area contributed by atoms with Crippen LogP contribution in [0.5, 0.6) is 0 Å². The molecule has 1 N–H and O–H groups in total. The molecule has 0 saturated carbocycles. The first-order valence-corrected chi connectivity index (χ1v) is 7.52. The van der Waals surface area contributed by atoms with Crippen LogP contribution in [0.3, 0.4) is 0 Å². The molecule has 0 radical (unpaired) electrons. The number of rotatable bonds is 4. The van der Waals surface area contributed by atoms with Crippen LogP contribution in [0.4, 0.5) is 0 Å². The summed E-state index contributed by atoms with van der Waals surface area (Å²) in [5, 5.41) is 9.00. The molecule has 0 aliphatic carbocycles. The van der Waals surface area contributed by atoms with E-state index in [9.17, 15) is 9.59 Å². The van der Waals surface area contributed by atoms with Gasteiger partial charge in [-0.1, -0.05) is 13.8 Å². The van der Waals surface area contributed by atoms with Gasteiger partial charge < -0.3 is 10.0 Å². The average molecular weight is 281 g/mol. The Bertz CT molecular complexity index is 491. The molecule has 19 heavy (non-hydrogen) atoms. The lowest BCUT2D eigenvalue weighted by atomic mass is 10.00. The highest BCUT2D eigenvalue weighted by Gasteiger charge is 2.27. The molecule has 0 bridgehead atoms. The van der Waals surface area contributed by atoms with Gasteiger partial charge in [0.25, 0.3) is 0 Å². The molecule has 4 nitrogen and oxygen atoms in total. The number of carboxylic acids is 1. The minimum absolute atomic E-state index is 0.0964. The smallest absolute Gasteiger partial charge is 0.345 e. The molecule has 1 amide bonds. The van der Waals surface area contributed by atoms with Gasteiger partial charge in [0.2, 0.25) is 5.91 Å². The Morgan fingerprint density at radius 2 is 2.11 bits per heavy atom. The number of carbonyl (C=O) groups is 2. The van der Waals surface area contributed by atoms with Gasteiger partial charge in [-0.3, -0.25) is 4.79 Å². The summed E-state index contributed by atoms with van der Waals surface area (Å²) in [7, 11) is 0. The van der Waals surface area contributed by atoms with E-state index in [2.05, 4.69) is 0 Å². The van der Waals surface area contributed by atoms with Crippen LogP contribution < -0.4 is 0 Å². The highest BCUT2D eigenvalue weighted by molar-refractivity contribution is 7.14. The van der Waals surface area contributed by atoms with E-state index >= 15 is 0 Å².